The Hall–Kier alpha value is -1.40. The van der Waals surface area contributed by atoms with Gasteiger partial charge in [-0.3, -0.25) is 4.79 Å². The van der Waals surface area contributed by atoms with Crippen molar-refractivity contribution in [1.29, 1.82) is 0 Å². The number of carbonyl (C=O) groups is 1. The molecule has 0 aliphatic carbocycles. The molecule has 0 radical (unpaired) electrons. The third kappa shape index (κ3) is 3.02. The van der Waals surface area contributed by atoms with Crippen molar-refractivity contribution < 1.29 is 13.2 Å². The maximum Gasteiger partial charge on any atom is 0.253 e. The Balaban J connectivity index is 2.34. The van der Waals surface area contributed by atoms with Crippen LogP contribution in [0.1, 0.15) is 29.8 Å². The van der Waals surface area contributed by atoms with E-state index < -0.39 is 10.0 Å². The SMILES string of the molecule is Cc1cc(C(=O)N2CC(C)C(C)C2)cc(S(N)(=O)=O)c1. The van der Waals surface area contributed by atoms with Crippen LogP contribution in [-0.2, 0) is 10.0 Å². The van der Waals surface area contributed by atoms with E-state index in [1.165, 1.54) is 12.1 Å². The zero-order valence-corrected chi connectivity index (χ0v) is 12.8. The van der Waals surface area contributed by atoms with Crippen molar-refractivity contribution in [2.24, 2.45) is 17.0 Å². The lowest BCUT2D eigenvalue weighted by Crippen LogP contribution is -2.29. The molecule has 0 bridgehead atoms. The molecule has 2 atom stereocenters. The Bertz CT molecular complexity index is 630. The van der Waals surface area contributed by atoms with Crippen LogP contribution in [0.4, 0.5) is 0 Å². The fourth-order valence-corrected chi connectivity index (χ4v) is 3.16. The first kappa shape index (κ1) is 15.0. The number of aryl methyl sites for hydroxylation is 1. The minimum atomic E-state index is -3.80. The molecule has 2 N–H and O–H groups in total. The normalized spacial score (nSPS) is 23.1. The molecule has 2 unspecified atom stereocenters. The first-order chi connectivity index (χ1) is 9.18. The highest BCUT2D eigenvalue weighted by Crippen LogP contribution is 2.24. The van der Waals surface area contributed by atoms with Crippen LogP contribution in [0.5, 0.6) is 0 Å². The van der Waals surface area contributed by atoms with Gasteiger partial charge >= 0.3 is 0 Å². The van der Waals surface area contributed by atoms with Crippen molar-refractivity contribution in [3.05, 3.63) is 29.3 Å². The predicted octanol–water partition coefficient (Wildman–Crippen LogP) is 1.37. The van der Waals surface area contributed by atoms with Crippen LogP contribution >= 0.6 is 0 Å². The Morgan fingerprint density at radius 3 is 2.25 bits per heavy atom. The van der Waals surface area contributed by atoms with Gasteiger partial charge in [0.25, 0.3) is 5.91 Å². The van der Waals surface area contributed by atoms with Gasteiger partial charge in [0.1, 0.15) is 0 Å². The summed E-state index contributed by atoms with van der Waals surface area (Å²) in [5.74, 6) is 0.790. The number of hydrogen-bond acceptors (Lipinski definition) is 3. The van der Waals surface area contributed by atoms with Gasteiger partial charge in [0.05, 0.1) is 4.90 Å². The van der Waals surface area contributed by atoms with Gasteiger partial charge in [-0.15, -0.1) is 0 Å². The maximum absolute atomic E-state index is 12.5. The molecule has 5 nitrogen and oxygen atoms in total. The largest absolute Gasteiger partial charge is 0.338 e. The monoisotopic (exact) mass is 296 g/mol. The molecule has 0 saturated carbocycles. The van der Waals surface area contributed by atoms with Gasteiger partial charge in [0.15, 0.2) is 0 Å². The minimum absolute atomic E-state index is 0.0128. The smallest absolute Gasteiger partial charge is 0.253 e. The zero-order chi connectivity index (χ0) is 15.1. The summed E-state index contributed by atoms with van der Waals surface area (Å²) >= 11 is 0. The molecule has 1 aliphatic rings. The average Bonchev–Trinajstić information content (AvgIpc) is 2.67. The highest BCUT2D eigenvalue weighted by molar-refractivity contribution is 7.89. The van der Waals surface area contributed by atoms with Crippen LogP contribution in [0.25, 0.3) is 0 Å². The second-order valence-electron chi connectivity index (χ2n) is 5.74. The van der Waals surface area contributed by atoms with Crippen molar-refractivity contribution >= 4 is 15.9 Å². The summed E-state index contributed by atoms with van der Waals surface area (Å²) in [6.45, 7) is 7.39. The van der Waals surface area contributed by atoms with Crippen molar-refractivity contribution in [2.45, 2.75) is 25.7 Å². The number of amides is 1. The van der Waals surface area contributed by atoms with E-state index in [2.05, 4.69) is 13.8 Å². The molecule has 20 heavy (non-hydrogen) atoms. The van der Waals surface area contributed by atoms with Gasteiger partial charge < -0.3 is 4.90 Å². The second-order valence-corrected chi connectivity index (χ2v) is 7.31. The van der Waals surface area contributed by atoms with E-state index >= 15 is 0 Å². The summed E-state index contributed by atoms with van der Waals surface area (Å²) in [4.78, 5) is 14.2. The molecule has 110 valence electrons. The summed E-state index contributed by atoms with van der Waals surface area (Å²) in [6.07, 6.45) is 0. The molecule has 2 rings (SSSR count). The van der Waals surface area contributed by atoms with Gasteiger partial charge in [-0.25, -0.2) is 13.6 Å². The third-order valence-corrected chi connectivity index (χ3v) is 4.79. The molecular formula is C14H20N2O3S. The Labute approximate surface area is 119 Å². The molecule has 1 aliphatic heterocycles. The number of nitrogens with two attached hydrogens (primary N) is 1. The summed E-state index contributed by atoms with van der Waals surface area (Å²) in [5.41, 5.74) is 1.09. The Morgan fingerprint density at radius 2 is 1.75 bits per heavy atom. The van der Waals surface area contributed by atoms with Gasteiger partial charge in [-0.1, -0.05) is 13.8 Å². The maximum atomic E-state index is 12.5. The summed E-state index contributed by atoms with van der Waals surface area (Å²) < 4.78 is 22.9. The fourth-order valence-electron chi connectivity index (χ4n) is 2.51. The zero-order valence-electron chi connectivity index (χ0n) is 12.0. The first-order valence-electron chi connectivity index (χ1n) is 6.62. The molecule has 1 aromatic rings. The van der Waals surface area contributed by atoms with E-state index in [1.807, 2.05) is 0 Å². The Kier molecular flexibility index (Phi) is 3.88. The van der Waals surface area contributed by atoms with Gasteiger partial charge in [-0.2, -0.15) is 0 Å². The molecule has 1 fully saturated rings. The highest BCUT2D eigenvalue weighted by Gasteiger charge is 2.30. The molecule has 1 saturated heterocycles. The number of sulfonamides is 1. The number of primary sulfonamides is 1. The lowest BCUT2D eigenvalue weighted by molar-refractivity contribution is 0.0784. The standard InChI is InChI=1S/C14H20N2O3S/c1-9-4-12(6-13(5-9)20(15,18)19)14(17)16-7-10(2)11(3)8-16/h4-6,10-11H,7-8H2,1-3H3,(H2,15,18,19). The lowest BCUT2D eigenvalue weighted by atomic mass is 10.0. The summed E-state index contributed by atoms with van der Waals surface area (Å²) in [5, 5.41) is 5.14. The van der Waals surface area contributed by atoms with Gasteiger partial charge in [-0.05, 0) is 42.5 Å². The fraction of sp³-hybridized carbons (Fsp3) is 0.500. The average molecular weight is 296 g/mol. The van der Waals surface area contributed by atoms with Crippen LogP contribution in [0.15, 0.2) is 23.1 Å². The number of likely N-dealkylation sites (tertiary alicyclic amines) is 1. The minimum Gasteiger partial charge on any atom is -0.338 e. The summed E-state index contributed by atoms with van der Waals surface area (Å²) in [6, 6.07) is 4.53. The number of nitrogens with zero attached hydrogens (tertiary/aromatic N) is 1. The van der Waals surface area contributed by atoms with Crippen molar-refractivity contribution in [1.82, 2.24) is 4.90 Å². The molecule has 0 spiro atoms. The number of rotatable bonds is 2. The quantitative estimate of drug-likeness (QED) is 0.895. The van der Waals surface area contributed by atoms with Crippen molar-refractivity contribution in [3.63, 3.8) is 0 Å². The molecule has 1 amide bonds. The van der Waals surface area contributed by atoms with E-state index in [-0.39, 0.29) is 10.8 Å². The topological polar surface area (TPSA) is 80.5 Å². The van der Waals surface area contributed by atoms with E-state index in [1.54, 1.807) is 17.9 Å². The van der Waals surface area contributed by atoms with E-state index in [0.29, 0.717) is 36.1 Å². The number of benzene rings is 1. The van der Waals surface area contributed by atoms with Gasteiger partial charge in [0.2, 0.25) is 10.0 Å². The molecule has 1 aromatic carbocycles. The number of hydrogen-bond donors (Lipinski definition) is 1. The van der Waals surface area contributed by atoms with E-state index in [4.69, 9.17) is 5.14 Å². The second kappa shape index (κ2) is 5.18. The molecule has 1 heterocycles. The van der Waals surface area contributed by atoms with Gasteiger partial charge in [0, 0.05) is 18.7 Å². The predicted molar refractivity (Wildman–Crippen MR) is 76.8 cm³/mol. The van der Waals surface area contributed by atoms with Crippen molar-refractivity contribution in [2.75, 3.05) is 13.1 Å². The Morgan fingerprint density at radius 1 is 1.20 bits per heavy atom. The van der Waals surface area contributed by atoms with Crippen LogP contribution in [0.2, 0.25) is 0 Å². The number of carbonyl (C=O) groups excluding carboxylic acids is 1. The van der Waals surface area contributed by atoms with Crippen LogP contribution in [-0.4, -0.2) is 32.3 Å². The lowest BCUT2D eigenvalue weighted by Gasteiger charge is -2.17. The molecular weight excluding hydrogens is 276 g/mol. The third-order valence-electron chi connectivity index (χ3n) is 3.90. The van der Waals surface area contributed by atoms with Crippen LogP contribution < -0.4 is 5.14 Å². The molecule has 0 aromatic heterocycles. The van der Waals surface area contributed by atoms with Crippen LogP contribution in [0, 0.1) is 18.8 Å². The summed E-state index contributed by atoms with van der Waals surface area (Å²) in [7, 11) is -3.80. The van der Waals surface area contributed by atoms with Crippen molar-refractivity contribution in [3.8, 4) is 0 Å². The van der Waals surface area contributed by atoms with Crippen LogP contribution in [0.3, 0.4) is 0 Å². The highest BCUT2D eigenvalue weighted by atomic mass is 32.2. The first-order valence-corrected chi connectivity index (χ1v) is 8.17. The molecule has 6 heteroatoms. The van der Waals surface area contributed by atoms with E-state index in [9.17, 15) is 13.2 Å². The van der Waals surface area contributed by atoms with E-state index in [0.717, 1.165) is 0 Å².